The van der Waals surface area contributed by atoms with Gasteiger partial charge in [0.15, 0.2) is 0 Å². The predicted octanol–water partition coefficient (Wildman–Crippen LogP) is 4.80. The molecule has 0 saturated heterocycles. The Morgan fingerprint density at radius 1 is 0.633 bits per heavy atom. The summed E-state index contributed by atoms with van der Waals surface area (Å²) in [6, 6.07) is 22.5. The molecule has 0 atom stereocenters. The van der Waals surface area contributed by atoms with Crippen LogP contribution in [0.25, 0.3) is 0 Å². The second-order valence-corrected chi connectivity index (χ2v) is 6.66. The number of carbonyl (C=O) groups is 2. The molecule has 0 aliphatic carbocycles. The third-order valence-electron chi connectivity index (χ3n) is 4.93. The van der Waals surface area contributed by atoms with Crippen molar-refractivity contribution in [1.29, 1.82) is 0 Å². The molecule has 3 aromatic rings. The molecule has 0 bridgehead atoms. The lowest BCUT2D eigenvalue weighted by molar-refractivity contribution is 0.0588. The number of para-hydroxylation sites is 2. The zero-order valence-electron chi connectivity index (χ0n) is 17.5. The van der Waals surface area contributed by atoms with E-state index in [1.54, 1.807) is 12.1 Å². The van der Waals surface area contributed by atoms with Crippen molar-refractivity contribution in [2.75, 3.05) is 38.1 Å². The summed E-state index contributed by atoms with van der Waals surface area (Å²) in [5.41, 5.74) is 3.49. The average molecular weight is 404 g/mol. The molecule has 0 aliphatic heterocycles. The Bertz CT molecular complexity index is 951. The molecular weight excluding hydrogens is 380 g/mol. The van der Waals surface area contributed by atoms with Crippen LogP contribution in [0.3, 0.4) is 0 Å². The molecule has 0 spiro atoms. The number of carbonyl (C=O) groups excluding carboxylic acids is 2. The SMILES string of the molecule is COC(=O)c1cc(N(C)c2ccccc2)c(C(=O)OC)cc1N(C)c1ccccc1. The topological polar surface area (TPSA) is 59.1 Å². The first kappa shape index (κ1) is 20.9. The molecule has 0 saturated carbocycles. The molecule has 0 heterocycles. The van der Waals surface area contributed by atoms with Crippen molar-refractivity contribution in [3.05, 3.63) is 83.9 Å². The van der Waals surface area contributed by atoms with Crippen LogP contribution < -0.4 is 9.80 Å². The third kappa shape index (κ3) is 4.12. The van der Waals surface area contributed by atoms with Gasteiger partial charge in [-0.3, -0.25) is 0 Å². The molecule has 3 rings (SSSR count). The fourth-order valence-corrected chi connectivity index (χ4v) is 3.26. The lowest BCUT2D eigenvalue weighted by atomic mass is 10.0. The Morgan fingerprint density at radius 2 is 0.967 bits per heavy atom. The summed E-state index contributed by atoms with van der Waals surface area (Å²) >= 11 is 0. The molecule has 0 radical (unpaired) electrons. The Morgan fingerprint density at radius 3 is 1.27 bits per heavy atom. The summed E-state index contributed by atoms with van der Waals surface area (Å²) < 4.78 is 10.1. The molecule has 30 heavy (non-hydrogen) atoms. The van der Waals surface area contributed by atoms with Gasteiger partial charge in [-0.2, -0.15) is 0 Å². The van der Waals surface area contributed by atoms with Crippen LogP contribution in [0.1, 0.15) is 20.7 Å². The first-order chi connectivity index (χ1) is 14.5. The highest BCUT2D eigenvalue weighted by Gasteiger charge is 2.25. The summed E-state index contributed by atoms with van der Waals surface area (Å²) in [5.74, 6) is -0.987. The largest absolute Gasteiger partial charge is 0.465 e. The van der Waals surface area contributed by atoms with E-state index in [0.717, 1.165) is 11.4 Å². The number of hydrogen-bond donors (Lipinski definition) is 0. The minimum Gasteiger partial charge on any atom is -0.465 e. The van der Waals surface area contributed by atoms with Gasteiger partial charge in [0.05, 0.1) is 36.7 Å². The number of methoxy groups -OCH3 is 2. The van der Waals surface area contributed by atoms with Gasteiger partial charge in [0.1, 0.15) is 0 Å². The molecule has 6 nitrogen and oxygen atoms in total. The van der Waals surface area contributed by atoms with E-state index in [4.69, 9.17) is 9.47 Å². The van der Waals surface area contributed by atoms with Gasteiger partial charge >= 0.3 is 11.9 Å². The van der Waals surface area contributed by atoms with E-state index in [1.165, 1.54) is 14.2 Å². The van der Waals surface area contributed by atoms with Crippen molar-refractivity contribution in [1.82, 2.24) is 0 Å². The number of esters is 2. The maximum Gasteiger partial charge on any atom is 0.340 e. The Hall–Kier alpha value is -3.80. The number of benzene rings is 3. The van der Waals surface area contributed by atoms with E-state index in [1.807, 2.05) is 84.6 Å². The molecule has 0 unspecified atom stereocenters. The molecule has 154 valence electrons. The van der Waals surface area contributed by atoms with Gasteiger partial charge < -0.3 is 19.3 Å². The van der Waals surface area contributed by atoms with Crippen LogP contribution >= 0.6 is 0 Å². The summed E-state index contributed by atoms with van der Waals surface area (Å²) in [7, 11) is 6.34. The maximum absolute atomic E-state index is 12.6. The van der Waals surface area contributed by atoms with Crippen molar-refractivity contribution in [3.63, 3.8) is 0 Å². The van der Waals surface area contributed by atoms with Crippen LogP contribution in [0.2, 0.25) is 0 Å². The Kier molecular flexibility index (Phi) is 6.37. The van der Waals surface area contributed by atoms with Crippen LogP contribution in [-0.2, 0) is 9.47 Å². The number of ether oxygens (including phenoxy) is 2. The van der Waals surface area contributed by atoms with Gasteiger partial charge in [-0.05, 0) is 36.4 Å². The van der Waals surface area contributed by atoms with E-state index in [-0.39, 0.29) is 0 Å². The molecule has 0 aliphatic rings. The standard InChI is InChI=1S/C24H24N2O4/c1-25(17-11-7-5-8-12-17)21-15-20(24(28)30-4)22(16-19(21)23(27)29-3)26(2)18-13-9-6-10-14-18/h5-16H,1-4H3. The van der Waals surface area contributed by atoms with Gasteiger partial charge in [-0.15, -0.1) is 0 Å². The van der Waals surface area contributed by atoms with Crippen molar-refractivity contribution >= 4 is 34.7 Å². The number of nitrogens with zero attached hydrogens (tertiary/aromatic N) is 2. The van der Waals surface area contributed by atoms with Crippen LogP contribution in [0.4, 0.5) is 22.7 Å². The highest BCUT2D eigenvalue weighted by Crippen LogP contribution is 2.36. The number of rotatable bonds is 6. The molecule has 0 fully saturated rings. The molecule has 0 amide bonds. The van der Waals surface area contributed by atoms with E-state index in [9.17, 15) is 9.59 Å². The average Bonchev–Trinajstić information content (AvgIpc) is 2.82. The first-order valence-electron chi connectivity index (χ1n) is 9.40. The predicted molar refractivity (Wildman–Crippen MR) is 118 cm³/mol. The van der Waals surface area contributed by atoms with Gasteiger partial charge in [-0.25, -0.2) is 9.59 Å². The Labute approximate surface area is 176 Å². The van der Waals surface area contributed by atoms with E-state index >= 15 is 0 Å². The van der Waals surface area contributed by atoms with E-state index in [2.05, 4.69) is 0 Å². The second kappa shape index (κ2) is 9.13. The summed E-state index contributed by atoms with van der Waals surface area (Å²) in [5, 5.41) is 0. The van der Waals surface area contributed by atoms with Crippen molar-refractivity contribution in [2.45, 2.75) is 0 Å². The van der Waals surface area contributed by atoms with Crippen molar-refractivity contribution in [3.8, 4) is 0 Å². The zero-order valence-corrected chi connectivity index (χ0v) is 17.5. The fraction of sp³-hybridized carbons (Fsp3) is 0.167. The van der Waals surface area contributed by atoms with Gasteiger partial charge in [0, 0.05) is 25.5 Å². The second-order valence-electron chi connectivity index (χ2n) is 6.66. The normalized spacial score (nSPS) is 10.3. The molecular formula is C24H24N2O4. The summed E-state index contributed by atoms with van der Waals surface area (Å²) in [4.78, 5) is 29.0. The highest BCUT2D eigenvalue weighted by atomic mass is 16.5. The highest BCUT2D eigenvalue weighted by molar-refractivity contribution is 6.04. The Balaban J connectivity index is 2.23. The maximum atomic E-state index is 12.6. The molecule has 6 heteroatoms. The lowest BCUT2D eigenvalue weighted by Gasteiger charge is -2.27. The minimum absolute atomic E-state index is 0.342. The fourth-order valence-electron chi connectivity index (χ4n) is 3.26. The smallest absolute Gasteiger partial charge is 0.340 e. The zero-order chi connectivity index (χ0) is 21.7. The minimum atomic E-state index is -0.494. The monoisotopic (exact) mass is 404 g/mol. The summed E-state index contributed by atoms with van der Waals surface area (Å²) in [6.45, 7) is 0. The number of hydrogen-bond acceptors (Lipinski definition) is 6. The van der Waals surface area contributed by atoms with Gasteiger partial charge in [-0.1, -0.05) is 36.4 Å². The molecule has 0 aromatic heterocycles. The number of anilines is 4. The van der Waals surface area contributed by atoms with E-state index < -0.39 is 11.9 Å². The van der Waals surface area contributed by atoms with Crippen molar-refractivity contribution in [2.24, 2.45) is 0 Å². The molecule has 3 aromatic carbocycles. The quantitative estimate of drug-likeness (QED) is 0.550. The third-order valence-corrected chi connectivity index (χ3v) is 4.93. The van der Waals surface area contributed by atoms with Gasteiger partial charge in [0.25, 0.3) is 0 Å². The van der Waals surface area contributed by atoms with Gasteiger partial charge in [0.2, 0.25) is 0 Å². The lowest BCUT2D eigenvalue weighted by Crippen LogP contribution is -2.20. The van der Waals surface area contributed by atoms with Crippen molar-refractivity contribution < 1.29 is 19.1 Å². The van der Waals surface area contributed by atoms with Crippen LogP contribution in [0.15, 0.2) is 72.8 Å². The van der Waals surface area contributed by atoms with Crippen LogP contribution in [0.5, 0.6) is 0 Å². The van der Waals surface area contributed by atoms with Crippen LogP contribution in [0, 0.1) is 0 Å². The summed E-state index contributed by atoms with van der Waals surface area (Å²) in [6.07, 6.45) is 0. The molecule has 0 N–H and O–H groups in total. The first-order valence-corrected chi connectivity index (χ1v) is 9.40. The van der Waals surface area contributed by atoms with Crippen LogP contribution in [-0.4, -0.2) is 40.3 Å². The van der Waals surface area contributed by atoms with E-state index in [0.29, 0.717) is 22.5 Å².